The van der Waals surface area contributed by atoms with Crippen molar-refractivity contribution >= 4 is 34.4 Å². The average Bonchev–Trinajstić information content (AvgIpc) is 3.68. The highest BCUT2D eigenvalue weighted by atomic mass is 32.1. The molecule has 12 nitrogen and oxygen atoms in total. The molecule has 1 aliphatic rings. The van der Waals surface area contributed by atoms with E-state index in [0.717, 1.165) is 46.4 Å². The third-order valence-electron chi connectivity index (χ3n) is 8.80. The number of amides is 2. The summed E-state index contributed by atoms with van der Waals surface area (Å²) < 4.78 is 13.5. The highest BCUT2D eigenvalue weighted by Crippen LogP contribution is 2.40. The van der Waals surface area contributed by atoms with Crippen LogP contribution >= 0.6 is 11.3 Å². The van der Waals surface area contributed by atoms with E-state index >= 15 is 0 Å². The van der Waals surface area contributed by atoms with Gasteiger partial charge in [0.1, 0.15) is 11.6 Å². The SMILES string of the molecule is CCn1c(-c2cccnc2C(C)OC)c(CC(C)(C)CO)c2nc(-c3csc(CC(NC(=O)OC(C)(C)C)C(=O)N4CCCCN4)n3)ccc21. The maximum Gasteiger partial charge on any atom is 0.408 e. The normalized spacial score (nSPS) is 15.3. The molecule has 50 heavy (non-hydrogen) atoms. The van der Waals surface area contributed by atoms with Crippen molar-refractivity contribution in [2.45, 2.75) is 98.4 Å². The number of ether oxygens (including phenoxy) is 2. The summed E-state index contributed by atoms with van der Waals surface area (Å²) in [6, 6.07) is 7.20. The lowest BCUT2D eigenvalue weighted by Crippen LogP contribution is -2.56. The first-order valence-corrected chi connectivity index (χ1v) is 18.2. The van der Waals surface area contributed by atoms with Crippen LogP contribution < -0.4 is 10.7 Å². The lowest BCUT2D eigenvalue weighted by atomic mass is 9.85. The fourth-order valence-corrected chi connectivity index (χ4v) is 7.07. The number of hydrazine groups is 1. The number of hydrogen-bond acceptors (Lipinski definition) is 10. The van der Waals surface area contributed by atoms with Crippen LogP contribution in [0.15, 0.2) is 35.8 Å². The molecule has 1 aliphatic heterocycles. The van der Waals surface area contributed by atoms with E-state index in [1.54, 1.807) is 39.1 Å². The van der Waals surface area contributed by atoms with E-state index in [2.05, 4.69) is 34.4 Å². The van der Waals surface area contributed by atoms with Crippen LogP contribution in [0, 0.1) is 5.41 Å². The third kappa shape index (κ3) is 8.51. The fourth-order valence-electron chi connectivity index (χ4n) is 6.23. The van der Waals surface area contributed by atoms with Crippen LogP contribution in [0.1, 0.15) is 83.7 Å². The van der Waals surface area contributed by atoms with Gasteiger partial charge in [0, 0.05) is 62.5 Å². The zero-order valence-corrected chi connectivity index (χ0v) is 31.3. The number of carbonyl (C=O) groups excluding carboxylic acids is 2. The Morgan fingerprint density at radius 2 is 1.90 bits per heavy atom. The zero-order chi connectivity index (χ0) is 36.2. The van der Waals surface area contributed by atoms with Gasteiger partial charge in [-0.05, 0) is 83.6 Å². The van der Waals surface area contributed by atoms with Gasteiger partial charge in [0.25, 0.3) is 5.91 Å². The van der Waals surface area contributed by atoms with E-state index in [-0.39, 0.29) is 25.0 Å². The number of hydrogen-bond donors (Lipinski definition) is 3. The number of alkyl carbamates (subject to hydrolysis) is 1. The number of nitrogens with zero attached hydrogens (tertiary/aromatic N) is 5. The second-order valence-corrected chi connectivity index (χ2v) is 15.5. The first kappa shape index (κ1) is 37.3. The number of aromatic nitrogens is 4. The molecule has 0 spiro atoms. The summed E-state index contributed by atoms with van der Waals surface area (Å²) in [6.07, 6.45) is 3.57. The molecule has 0 aromatic carbocycles. The van der Waals surface area contributed by atoms with Crippen LogP contribution in [-0.4, -0.2) is 80.1 Å². The number of rotatable bonds is 12. The van der Waals surface area contributed by atoms with E-state index in [1.165, 1.54) is 11.3 Å². The van der Waals surface area contributed by atoms with Gasteiger partial charge < -0.3 is 24.5 Å². The molecule has 5 heterocycles. The Bertz CT molecular complexity index is 1810. The molecule has 270 valence electrons. The predicted molar refractivity (Wildman–Crippen MR) is 196 cm³/mol. The topological polar surface area (TPSA) is 144 Å². The number of pyridine rings is 2. The Hall–Kier alpha value is -3.91. The smallest absolute Gasteiger partial charge is 0.408 e. The van der Waals surface area contributed by atoms with Gasteiger partial charge in [-0.1, -0.05) is 13.8 Å². The second kappa shape index (κ2) is 15.5. The lowest BCUT2D eigenvalue weighted by molar-refractivity contribution is -0.137. The van der Waals surface area contributed by atoms with Crippen LogP contribution in [0.25, 0.3) is 33.7 Å². The first-order valence-electron chi connectivity index (χ1n) is 17.4. The number of nitrogens with one attached hydrogen (secondary N) is 2. The Kier molecular flexibility index (Phi) is 11.6. The molecule has 2 amide bonds. The minimum Gasteiger partial charge on any atom is -0.444 e. The summed E-state index contributed by atoms with van der Waals surface area (Å²) in [5, 5.41) is 17.3. The summed E-state index contributed by atoms with van der Waals surface area (Å²) in [7, 11) is 1.68. The molecule has 5 rings (SSSR count). The van der Waals surface area contributed by atoms with Gasteiger partial charge >= 0.3 is 6.09 Å². The van der Waals surface area contributed by atoms with Crippen molar-refractivity contribution in [1.82, 2.24) is 35.3 Å². The van der Waals surface area contributed by atoms with Crippen molar-refractivity contribution in [1.29, 1.82) is 0 Å². The van der Waals surface area contributed by atoms with Crippen molar-refractivity contribution in [3.05, 3.63) is 52.1 Å². The molecule has 0 bridgehead atoms. The summed E-state index contributed by atoms with van der Waals surface area (Å²) in [5.74, 6) is -0.228. The van der Waals surface area contributed by atoms with Crippen molar-refractivity contribution < 1.29 is 24.2 Å². The number of aliphatic hydroxyl groups excluding tert-OH is 1. The maximum absolute atomic E-state index is 13.6. The van der Waals surface area contributed by atoms with Gasteiger partial charge in [0.2, 0.25) is 0 Å². The molecule has 3 N–H and O–H groups in total. The molecule has 2 unspecified atom stereocenters. The molecular formula is C37H51N7O5S. The molecule has 0 saturated carbocycles. The van der Waals surface area contributed by atoms with Crippen LogP contribution in [0.5, 0.6) is 0 Å². The number of fused-ring (bicyclic) bond motifs is 1. The monoisotopic (exact) mass is 705 g/mol. The molecule has 0 aliphatic carbocycles. The van der Waals surface area contributed by atoms with Gasteiger partial charge in [-0.3, -0.25) is 14.8 Å². The quantitative estimate of drug-likeness (QED) is 0.160. The van der Waals surface area contributed by atoms with Crippen molar-refractivity contribution in [2.24, 2.45) is 5.41 Å². The average molecular weight is 706 g/mol. The molecule has 1 fully saturated rings. The van der Waals surface area contributed by atoms with Gasteiger partial charge in [-0.25, -0.2) is 20.2 Å². The number of thiazole rings is 1. The zero-order valence-electron chi connectivity index (χ0n) is 30.5. The van der Waals surface area contributed by atoms with Crippen molar-refractivity contribution in [2.75, 3.05) is 26.8 Å². The standard InChI is InChI=1S/C37H51N7O5S/c1-9-43-29-15-14-26(41-32(29)25(20-37(6,7)22-45)33(43)24-13-12-16-38-31(24)23(2)48-8)28-21-50-30(40-28)19-27(42-35(47)49-36(3,4)5)34(46)44-18-11-10-17-39-44/h12-16,21,23,27,39,45H,9-11,17-20,22H2,1-8H3,(H,42,47). The van der Waals surface area contributed by atoms with Crippen LogP contribution in [0.2, 0.25) is 0 Å². The van der Waals surface area contributed by atoms with Gasteiger partial charge in [0.15, 0.2) is 0 Å². The van der Waals surface area contributed by atoms with E-state index < -0.39 is 23.2 Å². The largest absolute Gasteiger partial charge is 0.444 e. The molecule has 2 atom stereocenters. The van der Waals surface area contributed by atoms with Gasteiger partial charge in [0.05, 0.1) is 44.9 Å². The Morgan fingerprint density at radius 3 is 2.56 bits per heavy atom. The molecule has 1 saturated heterocycles. The van der Waals surface area contributed by atoms with Crippen LogP contribution in [0.4, 0.5) is 4.79 Å². The molecule has 4 aromatic rings. The molecular weight excluding hydrogens is 655 g/mol. The number of aliphatic hydroxyl groups is 1. The molecule has 0 radical (unpaired) electrons. The Morgan fingerprint density at radius 1 is 1.12 bits per heavy atom. The number of carbonyl (C=O) groups is 2. The first-order chi connectivity index (χ1) is 23.7. The summed E-state index contributed by atoms with van der Waals surface area (Å²) in [5.41, 5.74) is 9.08. The predicted octanol–water partition coefficient (Wildman–Crippen LogP) is 6.07. The summed E-state index contributed by atoms with van der Waals surface area (Å²) >= 11 is 1.42. The van der Waals surface area contributed by atoms with E-state index in [9.17, 15) is 14.7 Å². The summed E-state index contributed by atoms with van der Waals surface area (Å²) in [4.78, 5) is 41.2. The van der Waals surface area contributed by atoms with Crippen molar-refractivity contribution in [3.8, 4) is 22.6 Å². The van der Waals surface area contributed by atoms with E-state index in [4.69, 9.17) is 24.4 Å². The molecule has 13 heteroatoms. The van der Waals surface area contributed by atoms with Crippen LogP contribution in [-0.2, 0) is 33.7 Å². The highest BCUT2D eigenvalue weighted by Gasteiger charge is 2.31. The van der Waals surface area contributed by atoms with Gasteiger partial charge in [-0.2, -0.15) is 0 Å². The van der Waals surface area contributed by atoms with E-state index in [0.29, 0.717) is 42.5 Å². The van der Waals surface area contributed by atoms with Crippen LogP contribution in [0.3, 0.4) is 0 Å². The highest BCUT2D eigenvalue weighted by molar-refractivity contribution is 7.10. The Labute approximate surface area is 298 Å². The van der Waals surface area contributed by atoms with Crippen molar-refractivity contribution in [3.63, 3.8) is 0 Å². The van der Waals surface area contributed by atoms with Gasteiger partial charge in [-0.15, -0.1) is 11.3 Å². The fraction of sp³-hybridized carbons (Fsp3) is 0.541. The summed E-state index contributed by atoms with van der Waals surface area (Å²) in [6.45, 7) is 15.5. The lowest BCUT2D eigenvalue weighted by Gasteiger charge is -2.31. The third-order valence-corrected chi connectivity index (χ3v) is 9.67. The number of aryl methyl sites for hydroxylation is 1. The maximum atomic E-state index is 13.6. The minimum absolute atomic E-state index is 0.0128. The minimum atomic E-state index is -0.860. The molecule has 4 aromatic heterocycles. The Balaban J connectivity index is 1.54. The number of methoxy groups -OCH3 is 1. The van der Waals surface area contributed by atoms with E-state index in [1.807, 2.05) is 38.3 Å². The second-order valence-electron chi connectivity index (χ2n) is 14.6.